The fraction of sp³-hybridized carbons (Fsp3) is 0.471. The lowest BCUT2D eigenvalue weighted by atomic mass is 9.98. The zero-order valence-electron chi connectivity index (χ0n) is 14.8. The van der Waals surface area contributed by atoms with Gasteiger partial charge >= 0.3 is 18.2 Å². The van der Waals surface area contributed by atoms with Crippen LogP contribution in [0.5, 0.6) is 0 Å². The monoisotopic (exact) mass is 352 g/mol. The fourth-order valence-electron chi connectivity index (χ4n) is 1.91. The molecule has 138 valence electrons. The Hall–Kier alpha value is -2.77. The Morgan fingerprint density at radius 1 is 1.12 bits per heavy atom. The highest BCUT2D eigenvalue weighted by molar-refractivity contribution is 5.77. The van der Waals surface area contributed by atoms with Gasteiger partial charge < -0.3 is 25.2 Å². The molecular weight excluding hydrogens is 328 g/mol. The topological polar surface area (TPSA) is 114 Å². The first-order chi connectivity index (χ1) is 11.6. The summed E-state index contributed by atoms with van der Waals surface area (Å²) in [6.07, 6.45) is -1.22. The lowest BCUT2D eigenvalue weighted by Crippen LogP contribution is -2.36. The van der Waals surface area contributed by atoms with Crippen molar-refractivity contribution in [3.8, 4) is 0 Å². The van der Waals surface area contributed by atoms with Crippen molar-refractivity contribution in [3.05, 3.63) is 35.4 Å². The van der Waals surface area contributed by atoms with Gasteiger partial charge in [-0.25, -0.2) is 9.59 Å². The molecule has 0 bridgehead atoms. The number of nitrogens with one attached hydrogen (secondary N) is 2. The van der Waals surface area contributed by atoms with E-state index in [2.05, 4.69) is 10.6 Å². The van der Waals surface area contributed by atoms with Crippen LogP contribution in [-0.4, -0.2) is 42.5 Å². The van der Waals surface area contributed by atoms with Crippen molar-refractivity contribution < 1.29 is 29.0 Å². The summed E-state index contributed by atoms with van der Waals surface area (Å²) < 4.78 is 10.0. The number of alkyl carbamates (subject to hydrolysis) is 2. The van der Waals surface area contributed by atoms with Crippen molar-refractivity contribution in [1.29, 1.82) is 0 Å². The lowest BCUT2D eigenvalue weighted by Gasteiger charge is -2.21. The molecule has 0 aromatic heterocycles. The maximum atomic E-state index is 11.7. The molecule has 1 rings (SSSR count). The van der Waals surface area contributed by atoms with E-state index in [0.29, 0.717) is 5.56 Å². The standard InChI is InChI=1S/C17H24N2O6/c1-17(2,3)25-16(23)19-9-13(14(20)21)12-7-5-11(6-8-12)10-24-15(22)18-4/h5-8,13H,9-10H2,1-4H3,(H,18,22)(H,19,23)(H,20,21). The molecule has 0 aliphatic rings. The number of carbonyl (C=O) groups is 3. The van der Waals surface area contributed by atoms with Crippen LogP contribution in [0.2, 0.25) is 0 Å². The Bertz CT molecular complexity index is 607. The van der Waals surface area contributed by atoms with Gasteiger partial charge in [0.15, 0.2) is 0 Å². The van der Waals surface area contributed by atoms with Crippen molar-refractivity contribution >= 4 is 18.2 Å². The molecule has 0 radical (unpaired) electrons. The summed E-state index contributed by atoms with van der Waals surface area (Å²) in [7, 11) is 1.46. The highest BCUT2D eigenvalue weighted by Crippen LogP contribution is 2.17. The highest BCUT2D eigenvalue weighted by Gasteiger charge is 2.22. The van der Waals surface area contributed by atoms with E-state index >= 15 is 0 Å². The van der Waals surface area contributed by atoms with Gasteiger partial charge in [0.25, 0.3) is 0 Å². The number of carboxylic acids is 1. The molecule has 25 heavy (non-hydrogen) atoms. The van der Waals surface area contributed by atoms with Crippen LogP contribution in [0.3, 0.4) is 0 Å². The van der Waals surface area contributed by atoms with Crippen LogP contribution in [0, 0.1) is 0 Å². The van der Waals surface area contributed by atoms with Crippen molar-refractivity contribution in [2.75, 3.05) is 13.6 Å². The largest absolute Gasteiger partial charge is 0.481 e. The number of hydrogen-bond donors (Lipinski definition) is 3. The fourth-order valence-corrected chi connectivity index (χ4v) is 1.91. The van der Waals surface area contributed by atoms with Gasteiger partial charge in [-0.1, -0.05) is 24.3 Å². The highest BCUT2D eigenvalue weighted by atomic mass is 16.6. The first kappa shape index (κ1) is 20.3. The molecule has 2 amide bonds. The molecule has 8 nitrogen and oxygen atoms in total. The second-order valence-corrected chi connectivity index (χ2v) is 6.34. The number of carboxylic acid groups (broad SMARTS) is 1. The van der Waals surface area contributed by atoms with E-state index in [1.807, 2.05) is 0 Å². The summed E-state index contributed by atoms with van der Waals surface area (Å²) in [6.45, 7) is 5.15. The molecule has 0 aliphatic heterocycles. The van der Waals surface area contributed by atoms with Gasteiger partial charge in [0.05, 0.1) is 5.92 Å². The number of rotatable bonds is 6. The van der Waals surface area contributed by atoms with E-state index in [1.54, 1.807) is 45.0 Å². The second kappa shape index (κ2) is 8.91. The quantitative estimate of drug-likeness (QED) is 0.723. The summed E-state index contributed by atoms with van der Waals surface area (Å²) in [6, 6.07) is 6.58. The maximum absolute atomic E-state index is 11.7. The Balaban J connectivity index is 2.68. The van der Waals surface area contributed by atoms with Crippen LogP contribution in [0.25, 0.3) is 0 Å². The van der Waals surface area contributed by atoms with E-state index < -0.39 is 29.7 Å². The molecule has 0 heterocycles. The Morgan fingerprint density at radius 3 is 2.20 bits per heavy atom. The van der Waals surface area contributed by atoms with Crippen molar-refractivity contribution in [1.82, 2.24) is 10.6 Å². The number of carbonyl (C=O) groups excluding carboxylic acids is 2. The van der Waals surface area contributed by atoms with Gasteiger partial charge in [0.1, 0.15) is 12.2 Å². The molecule has 1 aromatic rings. The third kappa shape index (κ3) is 7.56. The molecule has 0 saturated heterocycles. The van der Waals surface area contributed by atoms with E-state index in [4.69, 9.17) is 9.47 Å². The molecule has 1 unspecified atom stereocenters. The average molecular weight is 352 g/mol. The average Bonchev–Trinajstić information content (AvgIpc) is 2.51. The minimum Gasteiger partial charge on any atom is -0.481 e. The minimum atomic E-state index is -1.06. The molecule has 0 fully saturated rings. The SMILES string of the molecule is CNC(=O)OCc1ccc(C(CNC(=O)OC(C)(C)C)C(=O)O)cc1. The number of amides is 2. The summed E-state index contributed by atoms with van der Waals surface area (Å²) in [5.74, 6) is -1.98. The van der Waals surface area contributed by atoms with Crippen LogP contribution in [-0.2, 0) is 20.9 Å². The van der Waals surface area contributed by atoms with Crippen molar-refractivity contribution in [2.45, 2.75) is 38.9 Å². The third-order valence-corrected chi connectivity index (χ3v) is 3.10. The molecule has 8 heteroatoms. The first-order valence-corrected chi connectivity index (χ1v) is 7.75. The van der Waals surface area contributed by atoms with Crippen LogP contribution in [0.15, 0.2) is 24.3 Å². The number of hydrogen-bond acceptors (Lipinski definition) is 5. The van der Waals surface area contributed by atoms with Gasteiger partial charge in [0, 0.05) is 13.6 Å². The molecular formula is C17H24N2O6. The van der Waals surface area contributed by atoms with Gasteiger partial charge in [-0.15, -0.1) is 0 Å². The third-order valence-electron chi connectivity index (χ3n) is 3.10. The molecule has 3 N–H and O–H groups in total. The molecule has 0 saturated carbocycles. The van der Waals surface area contributed by atoms with E-state index in [1.165, 1.54) is 7.05 Å². The summed E-state index contributed by atoms with van der Waals surface area (Å²) >= 11 is 0. The summed E-state index contributed by atoms with van der Waals surface area (Å²) in [5.41, 5.74) is 0.582. The van der Waals surface area contributed by atoms with Crippen LogP contribution in [0.1, 0.15) is 37.8 Å². The van der Waals surface area contributed by atoms with Gasteiger partial charge in [-0.2, -0.15) is 0 Å². The van der Waals surface area contributed by atoms with Crippen LogP contribution < -0.4 is 10.6 Å². The Labute approximate surface area is 146 Å². The summed E-state index contributed by atoms with van der Waals surface area (Å²) in [4.78, 5) is 34.2. The number of benzene rings is 1. The van der Waals surface area contributed by atoms with E-state index in [-0.39, 0.29) is 13.2 Å². The minimum absolute atomic E-state index is 0.0772. The smallest absolute Gasteiger partial charge is 0.407 e. The summed E-state index contributed by atoms with van der Waals surface area (Å²) in [5, 5.41) is 14.2. The van der Waals surface area contributed by atoms with Crippen LogP contribution >= 0.6 is 0 Å². The van der Waals surface area contributed by atoms with Crippen LogP contribution in [0.4, 0.5) is 9.59 Å². The molecule has 1 aromatic carbocycles. The van der Waals surface area contributed by atoms with Gasteiger partial charge in [-0.3, -0.25) is 4.79 Å². The Morgan fingerprint density at radius 2 is 1.72 bits per heavy atom. The predicted octanol–water partition coefficient (Wildman–Crippen LogP) is 2.24. The predicted molar refractivity (Wildman–Crippen MR) is 90.3 cm³/mol. The van der Waals surface area contributed by atoms with E-state index in [9.17, 15) is 19.5 Å². The zero-order valence-corrected chi connectivity index (χ0v) is 14.8. The second-order valence-electron chi connectivity index (χ2n) is 6.34. The molecule has 0 spiro atoms. The first-order valence-electron chi connectivity index (χ1n) is 7.75. The van der Waals surface area contributed by atoms with Gasteiger partial charge in [-0.05, 0) is 31.9 Å². The normalized spacial score (nSPS) is 12.0. The van der Waals surface area contributed by atoms with E-state index in [0.717, 1.165) is 5.56 Å². The van der Waals surface area contributed by atoms with Gasteiger partial charge in [0.2, 0.25) is 0 Å². The molecule has 0 aliphatic carbocycles. The number of ether oxygens (including phenoxy) is 2. The molecule has 1 atom stereocenters. The number of aliphatic carboxylic acids is 1. The Kier molecular flexibility index (Phi) is 7.22. The van der Waals surface area contributed by atoms with Crippen molar-refractivity contribution in [2.24, 2.45) is 0 Å². The maximum Gasteiger partial charge on any atom is 0.407 e. The zero-order chi connectivity index (χ0) is 19.0. The van der Waals surface area contributed by atoms with Crippen molar-refractivity contribution in [3.63, 3.8) is 0 Å². The lowest BCUT2D eigenvalue weighted by molar-refractivity contribution is -0.138.